The van der Waals surface area contributed by atoms with E-state index in [2.05, 4.69) is 9.71 Å². The molecule has 9 heteroatoms. The van der Waals surface area contributed by atoms with Crippen LogP contribution in [-0.2, 0) is 14.8 Å². The third kappa shape index (κ3) is 3.20. The number of hydrogen-bond donors (Lipinski definition) is 2. The Labute approximate surface area is 122 Å². The van der Waals surface area contributed by atoms with Crippen LogP contribution in [0.25, 0.3) is 0 Å². The van der Waals surface area contributed by atoms with Gasteiger partial charge in [0.15, 0.2) is 0 Å². The molecule has 2 rings (SSSR count). The Morgan fingerprint density at radius 2 is 2.25 bits per heavy atom. The second-order valence-corrected chi connectivity index (χ2v) is 6.79. The lowest BCUT2D eigenvalue weighted by Crippen LogP contribution is -2.48. The van der Waals surface area contributed by atoms with Crippen molar-refractivity contribution in [3.05, 3.63) is 17.3 Å². The van der Waals surface area contributed by atoms with Gasteiger partial charge in [-0.3, -0.25) is 4.79 Å². The van der Waals surface area contributed by atoms with E-state index in [9.17, 15) is 13.2 Å². The van der Waals surface area contributed by atoms with Gasteiger partial charge >= 0.3 is 0 Å². The Bertz CT molecular complexity index is 635. The van der Waals surface area contributed by atoms with Gasteiger partial charge in [0, 0.05) is 32.3 Å². The minimum absolute atomic E-state index is 0.0117. The zero-order chi connectivity index (χ0) is 14.9. The van der Waals surface area contributed by atoms with Crippen molar-refractivity contribution < 1.29 is 13.2 Å². The highest BCUT2D eigenvalue weighted by atomic mass is 35.5. The second-order valence-electron chi connectivity index (χ2n) is 4.67. The van der Waals surface area contributed by atoms with Gasteiger partial charge in [0.25, 0.3) is 0 Å². The second kappa shape index (κ2) is 5.55. The molecule has 1 aromatic rings. The molecule has 110 valence electrons. The predicted molar refractivity (Wildman–Crippen MR) is 74.6 cm³/mol. The van der Waals surface area contributed by atoms with E-state index in [4.69, 9.17) is 17.3 Å². The minimum atomic E-state index is -3.73. The molecule has 1 saturated heterocycles. The molecule has 3 N–H and O–H groups in total. The molecule has 1 fully saturated rings. The van der Waals surface area contributed by atoms with Crippen LogP contribution in [0.1, 0.15) is 12.8 Å². The maximum atomic E-state index is 12.2. The average Bonchev–Trinajstić information content (AvgIpc) is 2.37. The van der Waals surface area contributed by atoms with Crippen LogP contribution in [0.2, 0.25) is 5.02 Å². The molecule has 0 bridgehead atoms. The maximum Gasteiger partial charge on any atom is 0.242 e. The monoisotopic (exact) mass is 318 g/mol. The fourth-order valence-electron chi connectivity index (χ4n) is 1.97. The molecular formula is C11H15ClN4O3S. The summed E-state index contributed by atoms with van der Waals surface area (Å²) in [6.45, 7) is 0.341. The molecule has 1 aliphatic rings. The number of halogens is 1. The lowest BCUT2D eigenvalue weighted by molar-refractivity contribution is -0.132. The zero-order valence-electron chi connectivity index (χ0n) is 10.8. The van der Waals surface area contributed by atoms with Crippen LogP contribution in [-0.4, -0.2) is 43.8 Å². The quantitative estimate of drug-likeness (QED) is 0.829. The van der Waals surface area contributed by atoms with Crippen molar-refractivity contribution in [1.82, 2.24) is 14.6 Å². The first-order chi connectivity index (χ1) is 9.29. The van der Waals surface area contributed by atoms with Crippen molar-refractivity contribution in [2.45, 2.75) is 23.8 Å². The van der Waals surface area contributed by atoms with E-state index in [0.717, 1.165) is 6.20 Å². The van der Waals surface area contributed by atoms with Gasteiger partial charge in [0.2, 0.25) is 15.9 Å². The van der Waals surface area contributed by atoms with Gasteiger partial charge in [-0.2, -0.15) is 0 Å². The number of hydrogen-bond acceptors (Lipinski definition) is 5. The third-order valence-electron chi connectivity index (χ3n) is 3.10. The van der Waals surface area contributed by atoms with Crippen LogP contribution in [0.3, 0.4) is 0 Å². The van der Waals surface area contributed by atoms with Crippen molar-refractivity contribution in [3.63, 3.8) is 0 Å². The number of piperidine rings is 1. The smallest absolute Gasteiger partial charge is 0.242 e. The van der Waals surface area contributed by atoms with Crippen LogP contribution in [0.4, 0.5) is 5.82 Å². The zero-order valence-corrected chi connectivity index (χ0v) is 12.4. The highest BCUT2D eigenvalue weighted by Crippen LogP contribution is 2.20. The lowest BCUT2D eigenvalue weighted by Gasteiger charge is -2.29. The summed E-state index contributed by atoms with van der Waals surface area (Å²) in [5, 5.41) is 0.0869. The van der Waals surface area contributed by atoms with E-state index >= 15 is 0 Å². The van der Waals surface area contributed by atoms with E-state index in [1.165, 1.54) is 11.0 Å². The number of anilines is 1. The highest BCUT2D eigenvalue weighted by molar-refractivity contribution is 7.89. The van der Waals surface area contributed by atoms with Crippen LogP contribution in [0, 0.1) is 0 Å². The van der Waals surface area contributed by atoms with Crippen LogP contribution < -0.4 is 10.5 Å². The summed E-state index contributed by atoms with van der Waals surface area (Å²) in [4.78, 5) is 16.6. The lowest BCUT2D eigenvalue weighted by atomic mass is 10.1. The molecular weight excluding hydrogens is 304 g/mol. The molecule has 20 heavy (non-hydrogen) atoms. The summed E-state index contributed by atoms with van der Waals surface area (Å²) in [6.07, 6.45) is 1.95. The number of carbonyl (C=O) groups excluding carboxylic acids is 1. The largest absolute Gasteiger partial charge is 0.382 e. The number of nitrogens with two attached hydrogens (primary N) is 1. The molecule has 0 aliphatic carbocycles. The van der Waals surface area contributed by atoms with E-state index in [1.807, 2.05) is 0 Å². The van der Waals surface area contributed by atoms with Gasteiger partial charge in [-0.25, -0.2) is 18.1 Å². The molecule has 7 nitrogen and oxygen atoms in total. The normalized spacial score (nSPS) is 20.2. The summed E-state index contributed by atoms with van der Waals surface area (Å²) < 4.78 is 26.9. The minimum Gasteiger partial charge on any atom is -0.382 e. The number of nitrogens with one attached hydrogen (secondary N) is 1. The summed E-state index contributed by atoms with van der Waals surface area (Å²) in [5.41, 5.74) is 5.45. The summed E-state index contributed by atoms with van der Waals surface area (Å²) in [5.74, 6) is 0.0891. The summed E-state index contributed by atoms with van der Waals surface area (Å²) in [6, 6.07) is 0.934. The van der Waals surface area contributed by atoms with Crippen LogP contribution in [0.15, 0.2) is 17.2 Å². The van der Waals surface area contributed by atoms with Crippen molar-refractivity contribution in [3.8, 4) is 0 Å². The number of nitrogen functional groups attached to an aromatic ring is 1. The Kier molecular flexibility index (Phi) is 4.17. The number of likely N-dealkylation sites (N-methyl/N-ethyl adjacent to an activating group) is 1. The molecule has 1 atom stereocenters. The Balaban J connectivity index is 2.15. The fourth-order valence-corrected chi connectivity index (χ4v) is 3.44. The maximum absolute atomic E-state index is 12.2. The average molecular weight is 319 g/mol. The number of amides is 1. The Morgan fingerprint density at radius 1 is 1.55 bits per heavy atom. The number of rotatable bonds is 3. The van der Waals surface area contributed by atoms with Gasteiger partial charge in [-0.05, 0) is 12.5 Å². The molecule has 1 aromatic heterocycles. The van der Waals surface area contributed by atoms with E-state index in [1.54, 1.807) is 7.05 Å². The van der Waals surface area contributed by atoms with Gasteiger partial charge in [-0.1, -0.05) is 11.6 Å². The first-order valence-corrected chi connectivity index (χ1v) is 7.83. The topological polar surface area (TPSA) is 105 Å². The molecule has 0 saturated carbocycles. The first kappa shape index (κ1) is 15.0. The number of pyridine rings is 1. The van der Waals surface area contributed by atoms with E-state index < -0.39 is 10.0 Å². The predicted octanol–water partition coefficient (Wildman–Crippen LogP) is 0.216. The molecule has 1 aliphatic heterocycles. The van der Waals surface area contributed by atoms with Gasteiger partial charge < -0.3 is 10.6 Å². The standard InChI is InChI=1S/C11H15ClN4O3S/c1-16-6-7(2-3-10(16)17)15-20(18,19)8-4-9(12)11(13)14-5-8/h4-5,7,15H,2-3,6H2,1H3,(H2,13,14). The van der Waals surface area contributed by atoms with Crippen molar-refractivity contribution in [2.24, 2.45) is 0 Å². The number of aromatic nitrogens is 1. The van der Waals surface area contributed by atoms with Gasteiger partial charge in [0.1, 0.15) is 10.7 Å². The summed E-state index contributed by atoms with van der Waals surface area (Å²) in [7, 11) is -2.09. The molecule has 0 spiro atoms. The molecule has 1 unspecified atom stereocenters. The van der Waals surface area contributed by atoms with E-state index in [0.29, 0.717) is 19.4 Å². The molecule has 0 radical (unpaired) electrons. The van der Waals surface area contributed by atoms with Gasteiger partial charge in [-0.15, -0.1) is 0 Å². The van der Waals surface area contributed by atoms with Crippen molar-refractivity contribution in [1.29, 1.82) is 0 Å². The Morgan fingerprint density at radius 3 is 2.85 bits per heavy atom. The van der Waals surface area contributed by atoms with Crippen LogP contribution >= 0.6 is 11.6 Å². The number of carbonyl (C=O) groups is 1. The van der Waals surface area contributed by atoms with E-state index in [-0.39, 0.29) is 27.7 Å². The molecule has 1 amide bonds. The number of likely N-dealkylation sites (tertiary alicyclic amines) is 1. The van der Waals surface area contributed by atoms with Gasteiger partial charge in [0.05, 0.1) is 5.02 Å². The van der Waals surface area contributed by atoms with Crippen molar-refractivity contribution >= 4 is 33.3 Å². The Hall–Kier alpha value is -1.38. The number of nitrogens with zero attached hydrogens (tertiary/aromatic N) is 2. The SMILES string of the molecule is CN1CC(NS(=O)(=O)c2cnc(N)c(Cl)c2)CCC1=O. The summed E-state index contributed by atoms with van der Waals surface area (Å²) >= 11 is 5.77. The first-order valence-electron chi connectivity index (χ1n) is 5.97. The van der Waals surface area contributed by atoms with Crippen LogP contribution in [0.5, 0.6) is 0 Å². The third-order valence-corrected chi connectivity index (χ3v) is 4.89. The molecule has 0 aromatic carbocycles. The fraction of sp³-hybridized carbons (Fsp3) is 0.455. The number of sulfonamides is 1. The molecule has 2 heterocycles. The highest BCUT2D eigenvalue weighted by Gasteiger charge is 2.27. The van der Waals surface area contributed by atoms with Crippen molar-refractivity contribution in [2.75, 3.05) is 19.3 Å².